The summed E-state index contributed by atoms with van der Waals surface area (Å²) in [5.41, 5.74) is 5.46. The van der Waals surface area contributed by atoms with Crippen LogP contribution in [0.2, 0.25) is 5.02 Å². The number of piperidine rings is 1. The van der Waals surface area contributed by atoms with Gasteiger partial charge in [-0.2, -0.15) is 0 Å². The summed E-state index contributed by atoms with van der Waals surface area (Å²) in [6.45, 7) is 15.2. The zero-order chi connectivity index (χ0) is 46.8. The number of piperazine rings is 2. The lowest BCUT2D eigenvalue weighted by molar-refractivity contribution is -0.384. The summed E-state index contributed by atoms with van der Waals surface area (Å²) in [7, 11) is -4.44. The Morgan fingerprint density at radius 1 is 0.868 bits per heavy atom. The average molecular weight is 1010 g/mol. The summed E-state index contributed by atoms with van der Waals surface area (Å²) >= 11 is 7.97. The van der Waals surface area contributed by atoms with E-state index >= 15 is 0 Å². The lowest BCUT2D eigenvalue weighted by Crippen LogP contribution is -2.49. The number of nitro benzene ring substituents is 1. The van der Waals surface area contributed by atoms with Gasteiger partial charge in [0.1, 0.15) is 5.69 Å². The van der Waals surface area contributed by atoms with Crippen LogP contribution in [-0.4, -0.2) is 131 Å². The number of benzene rings is 4. The maximum Gasteiger partial charge on any atom is 0.293 e. The summed E-state index contributed by atoms with van der Waals surface area (Å²) in [4.78, 5) is 35.9. The number of amides is 1. The second-order valence-corrected chi connectivity index (χ2v) is 22.2. The summed E-state index contributed by atoms with van der Waals surface area (Å²) in [5, 5.41) is 20.0. The van der Waals surface area contributed by atoms with E-state index in [0.717, 1.165) is 132 Å². The highest BCUT2D eigenvalue weighted by Gasteiger charge is 2.35. The lowest BCUT2D eigenvalue weighted by Gasteiger charge is -2.43. The molecule has 17 heteroatoms. The first-order chi connectivity index (χ1) is 32.4. The molecule has 3 fully saturated rings. The van der Waals surface area contributed by atoms with Crippen molar-refractivity contribution in [1.82, 2.24) is 24.7 Å². The molecule has 1 unspecified atom stereocenters. The zero-order valence-electron chi connectivity index (χ0n) is 39.0. The van der Waals surface area contributed by atoms with E-state index < -0.39 is 20.9 Å². The number of nitrogens with zero attached hydrogens (tertiary/aromatic N) is 5. The number of anilines is 2. The maximum atomic E-state index is 13.6. The van der Waals surface area contributed by atoms with Gasteiger partial charge in [0.2, 0.25) is 0 Å². The third-order valence-electron chi connectivity index (χ3n) is 13.8. The maximum absolute atomic E-state index is 13.6. The van der Waals surface area contributed by atoms with Crippen molar-refractivity contribution in [3.8, 4) is 0 Å². The number of carbonyl (C=O) groups excluding carboxylic acids is 1. The molecule has 0 radical (unpaired) electrons. The number of likely N-dealkylation sites (tertiary alicyclic amines) is 1. The molecule has 2 atom stereocenters. The largest absolute Gasteiger partial charge is 0.376 e. The van der Waals surface area contributed by atoms with Crippen molar-refractivity contribution in [2.45, 2.75) is 67.7 Å². The van der Waals surface area contributed by atoms with Crippen molar-refractivity contribution in [2.75, 3.05) is 101 Å². The van der Waals surface area contributed by atoms with Crippen LogP contribution < -0.4 is 20.3 Å². The van der Waals surface area contributed by atoms with Crippen molar-refractivity contribution >= 4 is 74.3 Å². The molecule has 3 saturated heterocycles. The van der Waals surface area contributed by atoms with E-state index in [9.17, 15) is 23.3 Å². The molecule has 1 amide bonds. The molecule has 0 saturated carbocycles. The van der Waals surface area contributed by atoms with Gasteiger partial charge in [0, 0.05) is 111 Å². The summed E-state index contributed by atoms with van der Waals surface area (Å²) < 4.78 is 29.3. The van der Waals surface area contributed by atoms with Crippen molar-refractivity contribution in [3.63, 3.8) is 0 Å². The van der Waals surface area contributed by atoms with Gasteiger partial charge < -0.3 is 25.3 Å². The SMILES string of the molecule is CC1(CN2CCNCC2)CCC(c2ccc(Cl)cc2)=C(CN2CCN(c3ccc(C(=O)NS(=O)(=O)c4ccc(N[C@H](CCN5CCCCC5)CSc5ccccc5)c([N+](=O)[O-])c4)cc3)CC2)C1.Cl. The van der Waals surface area contributed by atoms with E-state index in [1.165, 1.54) is 48.1 Å². The number of nitro groups is 1. The number of hydrogen-bond donors (Lipinski definition) is 3. The number of hydrogen-bond acceptors (Lipinski definition) is 12. The first-order valence-electron chi connectivity index (χ1n) is 23.9. The second kappa shape index (κ2) is 24.1. The third kappa shape index (κ3) is 14.0. The van der Waals surface area contributed by atoms with Crippen LogP contribution in [0.3, 0.4) is 0 Å². The topological polar surface area (TPSA) is 143 Å². The van der Waals surface area contributed by atoms with Gasteiger partial charge in [-0.15, -0.1) is 24.2 Å². The highest BCUT2D eigenvalue weighted by molar-refractivity contribution is 7.99. The number of halogens is 2. The summed E-state index contributed by atoms with van der Waals surface area (Å²) in [6.07, 6.45) is 7.63. The highest BCUT2D eigenvalue weighted by Crippen LogP contribution is 2.44. The van der Waals surface area contributed by atoms with E-state index in [-0.39, 0.29) is 45.7 Å². The van der Waals surface area contributed by atoms with E-state index in [1.807, 2.05) is 54.6 Å². The summed E-state index contributed by atoms with van der Waals surface area (Å²) in [6, 6.07) is 29.0. The fourth-order valence-electron chi connectivity index (χ4n) is 10.1. The molecule has 1 aliphatic carbocycles. The molecular weight excluding hydrogens is 940 g/mol. The normalized spacial score (nSPS) is 20.4. The fourth-order valence-corrected chi connectivity index (χ4v) is 12.2. The first-order valence-corrected chi connectivity index (χ1v) is 26.7. The standard InChI is InChI=1S/C51H65ClN8O5S2.ClH/c1-51(38-58-28-23-53-24-29-58)22-20-47(39-10-14-42(52)15-11-39)41(35-51)36-57-30-32-59(33-31-57)44-16-12-40(13-17-44)50(61)55-67(64,65)46-18-19-48(49(34-46)60(62)63)54-43(21-27-56-25-6-3-7-26-56)37-66-45-8-4-2-5-9-45;/h2,4-5,8-19,34,43,53-54H,3,6-7,20-33,35-38H2,1H3,(H,55,61);1H/t43-,51?;/m1./s1. The Morgan fingerprint density at radius 2 is 1.57 bits per heavy atom. The van der Waals surface area contributed by atoms with Crippen molar-refractivity contribution in [2.24, 2.45) is 5.41 Å². The van der Waals surface area contributed by atoms with Crippen LogP contribution in [0, 0.1) is 15.5 Å². The number of rotatable bonds is 18. The van der Waals surface area contributed by atoms with Crippen molar-refractivity contribution in [1.29, 1.82) is 0 Å². The monoisotopic (exact) mass is 1000 g/mol. The Hall–Kier alpha value is -4.19. The molecule has 68 heavy (non-hydrogen) atoms. The molecule has 8 rings (SSSR count). The predicted molar refractivity (Wildman–Crippen MR) is 279 cm³/mol. The van der Waals surface area contributed by atoms with Gasteiger partial charge in [-0.25, -0.2) is 13.1 Å². The number of nitrogens with one attached hydrogen (secondary N) is 3. The second-order valence-electron chi connectivity index (χ2n) is 18.9. The molecule has 3 aliphatic heterocycles. The zero-order valence-corrected chi connectivity index (χ0v) is 42.2. The average Bonchev–Trinajstić information content (AvgIpc) is 3.34. The summed E-state index contributed by atoms with van der Waals surface area (Å²) in [5.74, 6) is -0.138. The fraction of sp³-hybridized carbons (Fsp3) is 0.471. The van der Waals surface area contributed by atoms with Crippen molar-refractivity contribution < 1.29 is 18.1 Å². The van der Waals surface area contributed by atoms with E-state index in [0.29, 0.717) is 5.75 Å². The Morgan fingerprint density at radius 3 is 2.26 bits per heavy atom. The molecule has 3 heterocycles. The Labute approximate surface area is 418 Å². The van der Waals surface area contributed by atoms with Gasteiger partial charge in [0.25, 0.3) is 21.6 Å². The van der Waals surface area contributed by atoms with Crippen LogP contribution in [0.25, 0.3) is 5.57 Å². The molecule has 0 aromatic heterocycles. The smallest absolute Gasteiger partial charge is 0.293 e. The Balaban J connectivity index is 0.00000684. The van der Waals surface area contributed by atoms with Crippen LogP contribution in [0.4, 0.5) is 17.1 Å². The quantitative estimate of drug-likeness (QED) is 0.0498. The van der Waals surface area contributed by atoms with Gasteiger partial charge in [-0.05, 0) is 129 Å². The molecule has 0 bridgehead atoms. The van der Waals surface area contributed by atoms with Crippen molar-refractivity contribution in [3.05, 3.63) is 129 Å². The van der Waals surface area contributed by atoms with Crippen LogP contribution >= 0.6 is 35.8 Å². The van der Waals surface area contributed by atoms with Gasteiger partial charge in [-0.1, -0.05) is 60.9 Å². The minimum atomic E-state index is -4.44. The Bertz CT molecular complexity index is 2450. The third-order valence-corrected chi connectivity index (χ3v) is 16.6. The van der Waals surface area contributed by atoms with E-state index in [1.54, 1.807) is 23.9 Å². The van der Waals surface area contributed by atoms with Gasteiger partial charge in [-0.3, -0.25) is 19.8 Å². The van der Waals surface area contributed by atoms with Gasteiger partial charge in [0.05, 0.1) is 9.82 Å². The molecule has 0 spiro atoms. The van der Waals surface area contributed by atoms with Crippen LogP contribution in [0.5, 0.6) is 0 Å². The van der Waals surface area contributed by atoms with Gasteiger partial charge >= 0.3 is 0 Å². The minimum absolute atomic E-state index is 0. The van der Waals surface area contributed by atoms with E-state index in [4.69, 9.17) is 11.6 Å². The molecular formula is C51H66Cl2N8O5S2. The Kier molecular flexibility index (Phi) is 18.3. The molecule has 3 N–H and O–H groups in total. The molecule has 4 aliphatic rings. The molecule has 4 aromatic carbocycles. The number of allylic oxidation sites excluding steroid dienone is 1. The molecule has 4 aromatic rings. The highest BCUT2D eigenvalue weighted by atomic mass is 35.5. The van der Waals surface area contributed by atoms with Gasteiger partial charge in [0.15, 0.2) is 0 Å². The van der Waals surface area contributed by atoms with Crippen LogP contribution in [0.1, 0.15) is 67.8 Å². The first kappa shape index (κ1) is 51.7. The minimum Gasteiger partial charge on any atom is -0.376 e. The number of thioether (sulfide) groups is 1. The van der Waals surface area contributed by atoms with Crippen LogP contribution in [0.15, 0.2) is 112 Å². The lowest BCUT2D eigenvalue weighted by atomic mass is 9.71. The molecule has 366 valence electrons. The molecule has 13 nitrogen and oxygen atoms in total. The van der Waals surface area contributed by atoms with Crippen LogP contribution in [-0.2, 0) is 10.0 Å². The number of sulfonamides is 1. The van der Waals surface area contributed by atoms with E-state index in [2.05, 4.69) is 54.0 Å². The number of carbonyl (C=O) groups is 1. The predicted octanol–water partition coefficient (Wildman–Crippen LogP) is 8.91.